The van der Waals surface area contributed by atoms with Gasteiger partial charge in [0.25, 0.3) is 0 Å². The number of nitrogens with one attached hydrogen (secondary N) is 2. The molecule has 3 aromatic rings. The summed E-state index contributed by atoms with van der Waals surface area (Å²) in [5.41, 5.74) is 0.976. The second-order valence-corrected chi connectivity index (χ2v) is 6.38. The van der Waals surface area contributed by atoms with E-state index in [2.05, 4.69) is 20.6 Å². The number of benzene rings is 1. The highest BCUT2D eigenvalue weighted by atomic mass is 32.1. The summed E-state index contributed by atoms with van der Waals surface area (Å²) in [5.74, 6) is 0.776. The first-order valence-corrected chi connectivity index (χ1v) is 8.51. The maximum Gasteiger partial charge on any atom is 0.316 e. The van der Waals surface area contributed by atoms with Crippen LogP contribution in [0.3, 0.4) is 0 Å². The van der Waals surface area contributed by atoms with Crippen molar-refractivity contribution >= 4 is 17.4 Å². The third kappa shape index (κ3) is 3.62. The number of imidazole rings is 1. The van der Waals surface area contributed by atoms with Crippen LogP contribution in [-0.4, -0.2) is 20.6 Å². The summed E-state index contributed by atoms with van der Waals surface area (Å²) >= 11 is 1.52. The van der Waals surface area contributed by atoms with E-state index in [0.717, 1.165) is 16.4 Å². The van der Waals surface area contributed by atoms with Crippen molar-refractivity contribution in [3.05, 3.63) is 70.7 Å². The molecule has 3 rings (SSSR count). The summed E-state index contributed by atoms with van der Waals surface area (Å²) in [4.78, 5) is 21.1. The Labute approximate surface area is 144 Å². The highest BCUT2D eigenvalue weighted by Gasteiger charge is 2.21. The molecule has 0 aliphatic heterocycles. The number of thiazole rings is 1. The lowest BCUT2D eigenvalue weighted by Crippen LogP contribution is -2.40. The van der Waals surface area contributed by atoms with Gasteiger partial charge in [-0.3, -0.25) is 0 Å². The molecule has 0 aliphatic rings. The van der Waals surface area contributed by atoms with Gasteiger partial charge in [0.2, 0.25) is 0 Å². The predicted molar refractivity (Wildman–Crippen MR) is 93.7 cm³/mol. The Morgan fingerprint density at radius 2 is 1.96 bits per heavy atom. The number of urea groups is 1. The van der Waals surface area contributed by atoms with E-state index >= 15 is 0 Å². The maximum atomic E-state index is 12.5. The van der Waals surface area contributed by atoms with Gasteiger partial charge in [-0.05, 0) is 12.5 Å². The lowest BCUT2D eigenvalue weighted by molar-refractivity contribution is 0.235. The normalized spacial score (nSPS) is 13.2. The van der Waals surface area contributed by atoms with E-state index in [9.17, 15) is 4.79 Å². The minimum Gasteiger partial charge on any atom is -0.336 e. The van der Waals surface area contributed by atoms with Crippen LogP contribution in [0.15, 0.2) is 54.3 Å². The Morgan fingerprint density at radius 1 is 1.17 bits per heavy atom. The lowest BCUT2D eigenvalue weighted by Gasteiger charge is -2.21. The van der Waals surface area contributed by atoms with Crippen LogP contribution in [0.1, 0.15) is 35.4 Å². The number of rotatable bonds is 5. The van der Waals surface area contributed by atoms with Crippen molar-refractivity contribution in [3.63, 3.8) is 0 Å². The Bertz CT molecular complexity index is 784. The smallest absolute Gasteiger partial charge is 0.316 e. The number of aromatic nitrogens is 3. The van der Waals surface area contributed by atoms with Gasteiger partial charge < -0.3 is 15.2 Å². The summed E-state index contributed by atoms with van der Waals surface area (Å²) in [6.07, 6.45) is 5.32. The van der Waals surface area contributed by atoms with Crippen molar-refractivity contribution in [1.82, 2.24) is 25.2 Å². The fourth-order valence-corrected chi connectivity index (χ4v) is 3.12. The molecule has 0 saturated heterocycles. The molecule has 6 nitrogen and oxygen atoms in total. The average Bonchev–Trinajstić information content (AvgIpc) is 3.25. The maximum absolute atomic E-state index is 12.5. The van der Waals surface area contributed by atoms with E-state index in [1.165, 1.54) is 11.3 Å². The van der Waals surface area contributed by atoms with Crippen molar-refractivity contribution in [1.29, 1.82) is 0 Å². The van der Waals surface area contributed by atoms with Gasteiger partial charge >= 0.3 is 6.03 Å². The first-order valence-electron chi connectivity index (χ1n) is 7.63. The van der Waals surface area contributed by atoms with Crippen LogP contribution in [0.4, 0.5) is 4.79 Å². The SMILES string of the molecule is C[C@H](NC(=O)N[C@H](c1ccccc1)c1nccn1C)c1nccs1. The minimum absolute atomic E-state index is 0.150. The Hall–Kier alpha value is -2.67. The number of carbonyl (C=O) groups excluding carboxylic acids is 1. The molecule has 124 valence electrons. The monoisotopic (exact) mass is 341 g/mol. The zero-order valence-corrected chi connectivity index (χ0v) is 14.3. The van der Waals surface area contributed by atoms with Crippen LogP contribution >= 0.6 is 11.3 Å². The van der Waals surface area contributed by atoms with E-state index in [1.807, 2.05) is 60.4 Å². The fourth-order valence-electron chi connectivity index (χ4n) is 2.48. The van der Waals surface area contributed by atoms with Gasteiger partial charge in [-0.2, -0.15) is 0 Å². The van der Waals surface area contributed by atoms with Crippen LogP contribution in [0.25, 0.3) is 0 Å². The number of hydrogen-bond acceptors (Lipinski definition) is 4. The highest BCUT2D eigenvalue weighted by molar-refractivity contribution is 7.09. The van der Waals surface area contributed by atoms with Crippen LogP contribution < -0.4 is 10.6 Å². The van der Waals surface area contributed by atoms with Gasteiger partial charge in [0.15, 0.2) is 0 Å². The molecular weight excluding hydrogens is 322 g/mol. The fraction of sp³-hybridized carbons (Fsp3) is 0.235. The second-order valence-electron chi connectivity index (χ2n) is 5.45. The van der Waals surface area contributed by atoms with Crippen molar-refractivity contribution in [2.75, 3.05) is 0 Å². The molecule has 2 amide bonds. The van der Waals surface area contributed by atoms with Gasteiger partial charge in [-0.1, -0.05) is 30.3 Å². The number of aryl methyl sites for hydroxylation is 1. The third-order valence-corrected chi connectivity index (χ3v) is 4.65. The van der Waals surface area contributed by atoms with Crippen LogP contribution in [0.2, 0.25) is 0 Å². The zero-order chi connectivity index (χ0) is 16.9. The first kappa shape index (κ1) is 16.2. The van der Waals surface area contributed by atoms with Crippen molar-refractivity contribution in [3.8, 4) is 0 Å². The molecule has 2 N–H and O–H groups in total. The number of nitrogens with zero attached hydrogens (tertiary/aromatic N) is 3. The number of hydrogen-bond donors (Lipinski definition) is 2. The molecule has 0 unspecified atom stereocenters. The van der Waals surface area contributed by atoms with Crippen molar-refractivity contribution in [2.24, 2.45) is 7.05 Å². The van der Waals surface area contributed by atoms with Crippen LogP contribution in [0.5, 0.6) is 0 Å². The van der Waals surface area contributed by atoms with Gasteiger partial charge in [0.05, 0.1) is 6.04 Å². The zero-order valence-electron chi connectivity index (χ0n) is 13.5. The quantitative estimate of drug-likeness (QED) is 0.749. The predicted octanol–water partition coefficient (Wildman–Crippen LogP) is 3.03. The average molecular weight is 341 g/mol. The minimum atomic E-state index is -0.324. The molecule has 0 spiro atoms. The Kier molecular flexibility index (Phi) is 4.90. The van der Waals surface area contributed by atoms with Crippen LogP contribution in [0, 0.1) is 0 Å². The topological polar surface area (TPSA) is 71.8 Å². The van der Waals surface area contributed by atoms with Gasteiger partial charge in [0.1, 0.15) is 16.9 Å². The molecule has 0 fully saturated rings. The molecule has 0 saturated carbocycles. The van der Waals surface area contributed by atoms with Gasteiger partial charge in [-0.25, -0.2) is 14.8 Å². The molecule has 1 aromatic carbocycles. The molecule has 7 heteroatoms. The standard InChI is InChI=1S/C17H19N5OS/c1-12(16-19-9-11-24-16)20-17(23)21-14(13-6-4-3-5-7-13)15-18-8-10-22(15)2/h3-12,14H,1-2H3,(H2,20,21,23)/t12-,14+/m0/s1. The first-order chi connectivity index (χ1) is 11.6. The van der Waals surface area contributed by atoms with E-state index in [-0.39, 0.29) is 18.1 Å². The molecular formula is C17H19N5OS. The second kappa shape index (κ2) is 7.27. The third-order valence-electron chi connectivity index (χ3n) is 3.69. The van der Waals surface area contributed by atoms with E-state index in [0.29, 0.717) is 0 Å². The Balaban J connectivity index is 1.77. The van der Waals surface area contributed by atoms with Crippen molar-refractivity contribution < 1.29 is 4.79 Å². The summed E-state index contributed by atoms with van der Waals surface area (Å²) in [6.45, 7) is 1.91. The van der Waals surface area contributed by atoms with Gasteiger partial charge in [0, 0.05) is 31.0 Å². The van der Waals surface area contributed by atoms with Crippen molar-refractivity contribution in [2.45, 2.75) is 19.0 Å². The van der Waals surface area contributed by atoms with E-state index in [1.54, 1.807) is 12.4 Å². The largest absolute Gasteiger partial charge is 0.336 e. The van der Waals surface area contributed by atoms with E-state index in [4.69, 9.17) is 0 Å². The molecule has 24 heavy (non-hydrogen) atoms. The lowest BCUT2D eigenvalue weighted by atomic mass is 10.1. The summed E-state index contributed by atoms with van der Waals surface area (Å²) in [7, 11) is 1.91. The molecule has 0 radical (unpaired) electrons. The van der Waals surface area contributed by atoms with Gasteiger partial charge in [-0.15, -0.1) is 11.3 Å². The number of carbonyl (C=O) groups is 1. The highest BCUT2D eigenvalue weighted by Crippen LogP contribution is 2.20. The summed E-state index contributed by atoms with van der Waals surface area (Å²) in [6, 6.07) is 9.07. The molecule has 0 aliphatic carbocycles. The summed E-state index contributed by atoms with van der Waals surface area (Å²) < 4.78 is 1.90. The molecule has 2 aromatic heterocycles. The molecule has 0 bridgehead atoms. The van der Waals surface area contributed by atoms with Crippen LogP contribution in [-0.2, 0) is 7.05 Å². The molecule has 2 atom stereocenters. The molecule has 2 heterocycles. The Morgan fingerprint density at radius 3 is 2.58 bits per heavy atom. The number of amides is 2. The summed E-state index contributed by atoms with van der Waals surface area (Å²) in [5, 5.41) is 8.71. The van der Waals surface area contributed by atoms with E-state index < -0.39 is 0 Å².